The van der Waals surface area contributed by atoms with Gasteiger partial charge in [0.1, 0.15) is 11.6 Å². The predicted octanol–water partition coefficient (Wildman–Crippen LogP) is 1.84. The SMILES string of the molecule is CCOc1cc(C=C(C#N)C(=O)NCC2CCCO2)ccc1OCC(=O)OC. The van der Waals surface area contributed by atoms with Gasteiger partial charge in [-0.2, -0.15) is 5.26 Å². The molecule has 8 heteroatoms. The van der Waals surface area contributed by atoms with Crippen LogP contribution in [0.3, 0.4) is 0 Å². The fourth-order valence-electron chi connectivity index (χ4n) is 2.62. The molecule has 0 saturated carbocycles. The number of hydrogen-bond acceptors (Lipinski definition) is 7. The van der Waals surface area contributed by atoms with Crippen molar-refractivity contribution in [2.45, 2.75) is 25.9 Å². The minimum atomic E-state index is -0.513. The fraction of sp³-hybridized carbons (Fsp3) is 0.450. The smallest absolute Gasteiger partial charge is 0.343 e. The van der Waals surface area contributed by atoms with Gasteiger partial charge in [-0.15, -0.1) is 0 Å². The van der Waals surface area contributed by atoms with Crippen LogP contribution in [0.25, 0.3) is 6.08 Å². The molecule has 0 spiro atoms. The molecule has 0 aliphatic carbocycles. The van der Waals surface area contributed by atoms with Crippen molar-refractivity contribution < 1.29 is 28.5 Å². The Hall–Kier alpha value is -3.05. The summed E-state index contributed by atoms with van der Waals surface area (Å²) in [6.45, 7) is 3.02. The maximum atomic E-state index is 12.3. The molecule has 0 radical (unpaired) electrons. The van der Waals surface area contributed by atoms with Crippen molar-refractivity contribution in [3.63, 3.8) is 0 Å². The average molecular weight is 388 g/mol. The highest BCUT2D eigenvalue weighted by molar-refractivity contribution is 6.01. The summed E-state index contributed by atoms with van der Waals surface area (Å²) in [6.07, 6.45) is 3.35. The van der Waals surface area contributed by atoms with Crippen LogP contribution in [0, 0.1) is 11.3 Å². The molecule has 28 heavy (non-hydrogen) atoms. The number of hydrogen-bond donors (Lipinski definition) is 1. The van der Waals surface area contributed by atoms with E-state index in [2.05, 4.69) is 10.1 Å². The number of esters is 1. The molecule has 1 N–H and O–H groups in total. The van der Waals surface area contributed by atoms with Gasteiger partial charge in [-0.1, -0.05) is 6.07 Å². The van der Waals surface area contributed by atoms with Gasteiger partial charge in [-0.05, 0) is 43.5 Å². The molecule has 1 saturated heterocycles. The van der Waals surface area contributed by atoms with E-state index in [4.69, 9.17) is 14.2 Å². The summed E-state index contributed by atoms with van der Waals surface area (Å²) >= 11 is 0. The predicted molar refractivity (Wildman–Crippen MR) is 101 cm³/mol. The van der Waals surface area contributed by atoms with Crippen molar-refractivity contribution in [3.8, 4) is 17.6 Å². The Morgan fingerprint density at radius 1 is 1.36 bits per heavy atom. The van der Waals surface area contributed by atoms with E-state index < -0.39 is 11.9 Å². The summed E-state index contributed by atoms with van der Waals surface area (Å²) in [5.74, 6) is -0.203. The first-order valence-electron chi connectivity index (χ1n) is 9.05. The van der Waals surface area contributed by atoms with Crippen LogP contribution in [0.2, 0.25) is 0 Å². The lowest BCUT2D eigenvalue weighted by Crippen LogP contribution is -2.32. The number of rotatable bonds is 9. The third kappa shape index (κ3) is 6.28. The van der Waals surface area contributed by atoms with E-state index in [0.29, 0.717) is 36.8 Å². The summed E-state index contributed by atoms with van der Waals surface area (Å²) < 4.78 is 20.9. The number of nitrogens with one attached hydrogen (secondary N) is 1. The molecule has 1 amide bonds. The first-order valence-corrected chi connectivity index (χ1v) is 9.05. The highest BCUT2D eigenvalue weighted by Crippen LogP contribution is 2.29. The van der Waals surface area contributed by atoms with Crippen molar-refractivity contribution in [1.82, 2.24) is 5.32 Å². The van der Waals surface area contributed by atoms with Gasteiger partial charge in [0.15, 0.2) is 18.1 Å². The fourth-order valence-corrected chi connectivity index (χ4v) is 2.62. The zero-order valence-electron chi connectivity index (χ0n) is 16.0. The van der Waals surface area contributed by atoms with Gasteiger partial charge >= 0.3 is 5.97 Å². The van der Waals surface area contributed by atoms with Gasteiger partial charge in [0.25, 0.3) is 5.91 Å². The van der Waals surface area contributed by atoms with E-state index in [0.717, 1.165) is 12.8 Å². The lowest BCUT2D eigenvalue weighted by Gasteiger charge is -2.12. The Kier molecular flexibility index (Phi) is 8.31. The molecular formula is C20H24N2O6. The maximum absolute atomic E-state index is 12.3. The molecule has 2 rings (SSSR count). The van der Waals surface area contributed by atoms with E-state index >= 15 is 0 Å². The van der Waals surface area contributed by atoms with Crippen molar-refractivity contribution in [1.29, 1.82) is 5.26 Å². The zero-order valence-corrected chi connectivity index (χ0v) is 16.0. The third-order valence-corrected chi connectivity index (χ3v) is 4.03. The Morgan fingerprint density at radius 3 is 2.82 bits per heavy atom. The number of ether oxygens (including phenoxy) is 4. The quantitative estimate of drug-likeness (QED) is 0.391. The standard InChI is InChI=1S/C20H24N2O6/c1-3-26-18-10-14(6-7-17(18)28-13-19(23)25-2)9-15(11-21)20(24)22-12-16-5-4-8-27-16/h6-7,9-10,16H,3-5,8,12-13H2,1-2H3,(H,22,24). The van der Waals surface area contributed by atoms with E-state index in [1.165, 1.54) is 13.2 Å². The van der Waals surface area contributed by atoms with Crippen LogP contribution in [0.5, 0.6) is 11.5 Å². The van der Waals surface area contributed by atoms with Crippen LogP contribution in [0.15, 0.2) is 23.8 Å². The van der Waals surface area contributed by atoms with Crippen LogP contribution in [0.4, 0.5) is 0 Å². The molecule has 8 nitrogen and oxygen atoms in total. The van der Waals surface area contributed by atoms with E-state index in [1.54, 1.807) is 18.2 Å². The lowest BCUT2D eigenvalue weighted by molar-refractivity contribution is -0.142. The number of methoxy groups -OCH3 is 1. The summed E-state index contributed by atoms with van der Waals surface area (Å²) in [4.78, 5) is 23.5. The van der Waals surface area contributed by atoms with Crippen LogP contribution < -0.4 is 14.8 Å². The monoisotopic (exact) mass is 388 g/mol. The first-order chi connectivity index (χ1) is 13.6. The summed E-state index contributed by atoms with van der Waals surface area (Å²) in [5.41, 5.74) is 0.571. The maximum Gasteiger partial charge on any atom is 0.343 e. The van der Waals surface area contributed by atoms with E-state index in [9.17, 15) is 14.9 Å². The Morgan fingerprint density at radius 2 is 2.18 bits per heavy atom. The van der Waals surface area contributed by atoms with Gasteiger partial charge in [0, 0.05) is 13.2 Å². The molecule has 1 aromatic rings. The van der Waals surface area contributed by atoms with Gasteiger partial charge in [0.05, 0.1) is 19.8 Å². The summed E-state index contributed by atoms with van der Waals surface area (Å²) in [5, 5.41) is 12.1. The summed E-state index contributed by atoms with van der Waals surface area (Å²) in [6, 6.07) is 6.83. The van der Waals surface area contributed by atoms with E-state index in [-0.39, 0.29) is 18.3 Å². The molecule has 1 aliphatic rings. The lowest BCUT2D eigenvalue weighted by atomic mass is 10.1. The number of nitrogens with zero attached hydrogens (tertiary/aromatic N) is 1. The van der Waals surface area contributed by atoms with Crippen molar-refractivity contribution in [2.75, 3.05) is 33.5 Å². The minimum absolute atomic E-state index is 0.000285. The number of benzene rings is 1. The largest absolute Gasteiger partial charge is 0.490 e. The Labute approximate surface area is 164 Å². The number of carbonyl (C=O) groups is 2. The second-order valence-electron chi connectivity index (χ2n) is 6.02. The second-order valence-corrected chi connectivity index (χ2v) is 6.02. The molecule has 1 heterocycles. The number of nitriles is 1. The van der Waals surface area contributed by atoms with E-state index in [1.807, 2.05) is 13.0 Å². The van der Waals surface area contributed by atoms with Gasteiger partial charge in [-0.25, -0.2) is 4.79 Å². The molecule has 1 fully saturated rings. The van der Waals surface area contributed by atoms with Crippen LogP contribution in [-0.2, 0) is 19.1 Å². The zero-order chi connectivity index (χ0) is 20.4. The molecule has 0 bridgehead atoms. The molecule has 0 aromatic heterocycles. The Bertz CT molecular complexity index is 762. The first kappa shape index (κ1) is 21.3. The molecule has 1 atom stereocenters. The normalized spacial score (nSPS) is 16.2. The minimum Gasteiger partial charge on any atom is -0.490 e. The molecular weight excluding hydrogens is 364 g/mol. The molecule has 150 valence electrons. The average Bonchev–Trinajstić information content (AvgIpc) is 3.23. The van der Waals surface area contributed by atoms with Crippen LogP contribution >= 0.6 is 0 Å². The number of amides is 1. The number of carbonyl (C=O) groups excluding carboxylic acids is 2. The highest BCUT2D eigenvalue weighted by atomic mass is 16.6. The van der Waals surface area contributed by atoms with Gasteiger partial charge in [0.2, 0.25) is 0 Å². The van der Waals surface area contributed by atoms with Crippen LogP contribution in [-0.4, -0.2) is 51.5 Å². The molecule has 1 aliphatic heterocycles. The van der Waals surface area contributed by atoms with Crippen LogP contribution in [0.1, 0.15) is 25.3 Å². The molecule has 1 unspecified atom stereocenters. The topological polar surface area (TPSA) is 107 Å². The van der Waals surface area contributed by atoms with Gasteiger partial charge < -0.3 is 24.3 Å². The van der Waals surface area contributed by atoms with Crippen molar-refractivity contribution in [2.24, 2.45) is 0 Å². The molecule has 1 aromatic carbocycles. The third-order valence-electron chi connectivity index (χ3n) is 4.03. The van der Waals surface area contributed by atoms with Crippen molar-refractivity contribution in [3.05, 3.63) is 29.3 Å². The Balaban J connectivity index is 2.10. The second kappa shape index (κ2) is 10.9. The van der Waals surface area contributed by atoms with Crippen molar-refractivity contribution >= 4 is 18.0 Å². The van der Waals surface area contributed by atoms with Gasteiger partial charge in [-0.3, -0.25) is 4.79 Å². The highest BCUT2D eigenvalue weighted by Gasteiger charge is 2.18. The summed E-state index contributed by atoms with van der Waals surface area (Å²) in [7, 11) is 1.27.